The van der Waals surface area contributed by atoms with Crippen LogP contribution in [-0.4, -0.2) is 47.9 Å². The van der Waals surface area contributed by atoms with Gasteiger partial charge in [0.15, 0.2) is 5.16 Å². The molecule has 1 aromatic carbocycles. The van der Waals surface area contributed by atoms with Crippen molar-refractivity contribution >= 4 is 22.8 Å². The van der Waals surface area contributed by atoms with Gasteiger partial charge in [0, 0.05) is 18.4 Å². The maximum absolute atomic E-state index is 5.47. The Balaban J connectivity index is 0.00000180. The molecule has 0 radical (unpaired) electrons. The van der Waals surface area contributed by atoms with E-state index in [1.807, 2.05) is 25.1 Å². The molecule has 0 aliphatic carbocycles. The summed E-state index contributed by atoms with van der Waals surface area (Å²) in [6.07, 6.45) is 0. The van der Waals surface area contributed by atoms with E-state index in [9.17, 15) is 0 Å². The first kappa shape index (κ1) is 19.4. The van der Waals surface area contributed by atoms with Crippen molar-refractivity contribution in [2.45, 2.75) is 12.1 Å². The summed E-state index contributed by atoms with van der Waals surface area (Å²) in [6, 6.07) is 5.95. The Kier molecular flexibility index (Phi) is 9.05. The highest BCUT2D eigenvalue weighted by Gasteiger charge is 2.04. The molecule has 0 aliphatic rings. The van der Waals surface area contributed by atoms with Gasteiger partial charge in [-0.15, -0.1) is 0 Å². The van der Waals surface area contributed by atoms with E-state index in [4.69, 9.17) is 4.74 Å². The third kappa shape index (κ3) is 5.40. The third-order valence-corrected chi connectivity index (χ3v) is 3.37. The Hall–Kier alpha value is -0.620. The molecule has 0 atom stereocenters. The summed E-state index contributed by atoms with van der Waals surface area (Å²) in [5.74, 6) is 1.92. The normalized spacial score (nSPS) is 10.2. The minimum absolute atomic E-state index is 0. The quantitative estimate of drug-likeness (QED) is 0.559. The van der Waals surface area contributed by atoms with E-state index in [0.717, 1.165) is 34.2 Å². The summed E-state index contributed by atoms with van der Waals surface area (Å²) in [6.45, 7) is 3.72. The fourth-order valence-corrected chi connectivity index (χ4v) is 2.61. The van der Waals surface area contributed by atoms with Crippen LogP contribution in [-0.2, 0) is 0 Å². The van der Waals surface area contributed by atoms with Crippen LogP contribution in [0, 0.1) is 0 Å². The molecule has 0 fully saturated rings. The van der Waals surface area contributed by atoms with E-state index in [1.54, 1.807) is 11.8 Å². The van der Waals surface area contributed by atoms with Crippen LogP contribution in [0.1, 0.15) is 6.92 Å². The summed E-state index contributed by atoms with van der Waals surface area (Å²) < 4.78 is 5.47. The second kappa shape index (κ2) is 9.34. The predicted octanol–water partition coefficient (Wildman–Crippen LogP) is -3.38. The molecule has 0 bridgehead atoms. The molecule has 2 aromatic rings. The Morgan fingerprint density at radius 1 is 1.30 bits per heavy atom. The Morgan fingerprint density at radius 2 is 2.05 bits per heavy atom. The number of thioether (sulfide) groups is 1. The summed E-state index contributed by atoms with van der Waals surface area (Å²) in [5.41, 5.74) is 2.03. The molecule has 0 aliphatic heterocycles. The lowest BCUT2D eigenvalue weighted by Gasteiger charge is -2.06. The van der Waals surface area contributed by atoms with Crippen molar-refractivity contribution in [1.29, 1.82) is 0 Å². The van der Waals surface area contributed by atoms with Crippen LogP contribution in [0.3, 0.4) is 0 Å². The zero-order chi connectivity index (χ0) is 13.0. The summed E-state index contributed by atoms with van der Waals surface area (Å²) in [4.78, 5) is 10.0. The molecule has 7 heteroatoms. The number of aromatic nitrogens is 2. The summed E-state index contributed by atoms with van der Waals surface area (Å²) >= 11 is 1.74. The fourth-order valence-electron chi connectivity index (χ4n) is 1.62. The topological polar surface area (TPSA) is 41.1 Å². The van der Waals surface area contributed by atoms with Gasteiger partial charge in [-0.25, -0.2) is 4.98 Å². The first-order valence-electron chi connectivity index (χ1n) is 6.09. The van der Waals surface area contributed by atoms with Crippen molar-refractivity contribution in [2.75, 3.05) is 33.0 Å². The van der Waals surface area contributed by atoms with Crippen molar-refractivity contribution in [1.82, 2.24) is 14.9 Å². The maximum atomic E-state index is 5.47. The lowest BCUT2D eigenvalue weighted by molar-refractivity contribution is -0.001000. The van der Waals surface area contributed by atoms with E-state index >= 15 is 0 Å². The van der Waals surface area contributed by atoms with Crippen molar-refractivity contribution < 1.29 is 29.6 Å². The largest absolute Gasteiger partial charge is 1.00 e. The van der Waals surface area contributed by atoms with E-state index in [0.29, 0.717) is 6.61 Å². The fraction of sp³-hybridized carbons (Fsp3) is 0.462. The van der Waals surface area contributed by atoms with Gasteiger partial charge in [-0.3, -0.25) is 0 Å². The average molecular weight is 336 g/mol. The van der Waals surface area contributed by atoms with Crippen molar-refractivity contribution in [2.24, 2.45) is 0 Å². The number of rotatable bonds is 6. The monoisotopic (exact) mass is 335 g/mol. The molecular formula is C13H19Cl2N3OS-2. The molecule has 114 valence electrons. The smallest absolute Gasteiger partial charge is 0.166 e. The molecule has 1 N–H and O–H groups in total. The van der Waals surface area contributed by atoms with Crippen LogP contribution in [0.25, 0.3) is 11.0 Å². The number of H-pyrrole nitrogens is 1. The third-order valence-electron chi connectivity index (χ3n) is 2.52. The number of ether oxygens (including phenoxy) is 1. The Bertz CT molecular complexity index is 519. The van der Waals surface area contributed by atoms with Crippen LogP contribution in [0.15, 0.2) is 23.4 Å². The molecule has 1 aromatic heterocycles. The number of benzene rings is 1. The minimum atomic E-state index is 0. The van der Waals surface area contributed by atoms with Gasteiger partial charge in [0.25, 0.3) is 0 Å². The van der Waals surface area contributed by atoms with E-state index in [-0.39, 0.29) is 24.8 Å². The lowest BCUT2D eigenvalue weighted by atomic mass is 10.3. The van der Waals surface area contributed by atoms with Crippen molar-refractivity contribution in [3.8, 4) is 5.75 Å². The molecule has 0 amide bonds. The van der Waals surface area contributed by atoms with Crippen LogP contribution in [0.2, 0.25) is 0 Å². The van der Waals surface area contributed by atoms with Crippen LogP contribution in [0.4, 0.5) is 0 Å². The van der Waals surface area contributed by atoms with E-state index < -0.39 is 0 Å². The van der Waals surface area contributed by atoms with Gasteiger partial charge in [0.05, 0.1) is 17.6 Å². The molecule has 0 spiro atoms. The zero-order valence-corrected chi connectivity index (χ0v) is 14.1. The van der Waals surface area contributed by atoms with E-state index in [1.165, 1.54) is 0 Å². The van der Waals surface area contributed by atoms with Gasteiger partial charge < -0.3 is 39.4 Å². The van der Waals surface area contributed by atoms with Crippen LogP contribution >= 0.6 is 11.8 Å². The first-order chi connectivity index (χ1) is 8.69. The van der Waals surface area contributed by atoms with Gasteiger partial charge in [0.1, 0.15) is 5.75 Å². The number of aromatic amines is 1. The van der Waals surface area contributed by atoms with E-state index in [2.05, 4.69) is 29.0 Å². The highest BCUT2D eigenvalue weighted by molar-refractivity contribution is 7.99. The molecule has 0 unspecified atom stereocenters. The molecule has 0 saturated heterocycles. The molecule has 1 heterocycles. The highest BCUT2D eigenvalue weighted by Crippen LogP contribution is 2.23. The van der Waals surface area contributed by atoms with Gasteiger partial charge >= 0.3 is 0 Å². The van der Waals surface area contributed by atoms with Crippen LogP contribution < -0.4 is 29.6 Å². The summed E-state index contributed by atoms with van der Waals surface area (Å²) in [5, 5.41) is 0.973. The minimum Gasteiger partial charge on any atom is -1.00 e. The van der Waals surface area contributed by atoms with Crippen molar-refractivity contribution in [3.05, 3.63) is 18.2 Å². The highest BCUT2D eigenvalue weighted by atomic mass is 35.5. The number of nitrogens with one attached hydrogen (secondary N) is 1. The number of hydrogen-bond acceptors (Lipinski definition) is 4. The zero-order valence-electron chi connectivity index (χ0n) is 11.8. The number of hydrogen-bond donors (Lipinski definition) is 1. The molecule has 0 saturated carbocycles. The van der Waals surface area contributed by atoms with Gasteiger partial charge in [-0.05, 0) is 33.2 Å². The number of nitrogens with zero attached hydrogens (tertiary/aromatic N) is 2. The SMILES string of the molecule is CCOc1ccc2nc(SCCN(C)C)[nH]c2c1.[Cl-].[Cl-]. The van der Waals surface area contributed by atoms with Crippen LogP contribution in [0.5, 0.6) is 5.75 Å². The Morgan fingerprint density at radius 3 is 2.70 bits per heavy atom. The predicted molar refractivity (Wildman–Crippen MR) is 76.5 cm³/mol. The molecule has 4 nitrogen and oxygen atoms in total. The lowest BCUT2D eigenvalue weighted by Crippen LogP contribution is -3.00. The van der Waals surface area contributed by atoms with Gasteiger partial charge in [-0.1, -0.05) is 11.8 Å². The van der Waals surface area contributed by atoms with Gasteiger partial charge in [-0.2, -0.15) is 0 Å². The molecular weight excluding hydrogens is 317 g/mol. The van der Waals surface area contributed by atoms with Crippen molar-refractivity contribution in [3.63, 3.8) is 0 Å². The second-order valence-corrected chi connectivity index (χ2v) is 5.39. The standard InChI is InChI=1S/C13H19N3OS.2ClH/c1-4-17-10-5-6-11-12(9-10)15-13(14-11)18-8-7-16(2)3;;/h5-6,9H,4,7-8H2,1-3H3,(H,14,15);2*1H/p-2. The summed E-state index contributed by atoms with van der Waals surface area (Å²) in [7, 11) is 4.15. The number of fused-ring (bicyclic) bond motifs is 1. The maximum Gasteiger partial charge on any atom is 0.166 e. The van der Waals surface area contributed by atoms with Gasteiger partial charge in [0.2, 0.25) is 0 Å². The average Bonchev–Trinajstić information content (AvgIpc) is 2.71. The molecule has 2 rings (SSSR count). The Labute approximate surface area is 136 Å². The first-order valence-corrected chi connectivity index (χ1v) is 7.07. The second-order valence-electron chi connectivity index (χ2n) is 4.31. The molecule has 20 heavy (non-hydrogen) atoms. The number of halogens is 2. The number of imidazole rings is 1.